The third-order valence-corrected chi connectivity index (χ3v) is 2.12. The van der Waals surface area contributed by atoms with E-state index in [1.54, 1.807) is 0 Å². The highest BCUT2D eigenvalue weighted by Gasteiger charge is 2.06. The molecule has 0 aromatic heterocycles. The SMILES string of the molecule is NCCOCCOc1cc(CC(N)=O)ccc1F. The van der Waals surface area contributed by atoms with E-state index in [1.165, 1.54) is 18.2 Å². The van der Waals surface area contributed by atoms with Gasteiger partial charge in [0.1, 0.15) is 6.61 Å². The standard InChI is InChI=1S/C12H17FN2O3/c13-10-2-1-9(8-12(15)16)7-11(10)18-6-5-17-4-3-14/h1-2,7H,3-6,8,14H2,(H2,15,16). The Balaban J connectivity index is 2.50. The molecular formula is C12H17FN2O3. The fourth-order valence-corrected chi connectivity index (χ4v) is 1.37. The molecule has 0 spiro atoms. The van der Waals surface area contributed by atoms with Crippen molar-refractivity contribution in [3.8, 4) is 5.75 Å². The van der Waals surface area contributed by atoms with E-state index < -0.39 is 11.7 Å². The second-order valence-electron chi connectivity index (χ2n) is 3.66. The largest absolute Gasteiger partial charge is 0.488 e. The van der Waals surface area contributed by atoms with Crippen LogP contribution < -0.4 is 16.2 Å². The van der Waals surface area contributed by atoms with E-state index in [1.807, 2.05) is 0 Å². The molecule has 0 atom stereocenters. The molecule has 1 aromatic rings. The Morgan fingerprint density at radius 2 is 2.06 bits per heavy atom. The lowest BCUT2D eigenvalue weighted by Gasteiger charge is -2.09. The summed E-state index contributed by atoms with van der Waals surface area (Å²) in [5.41, 5.74) is 10.9. The maximum absolute atomic E-state index is 13.4. The van der Waals surface area contributed by atoms with Crippen molar-refractivity contribution in [1.82, 2.24) is 0 Å². The summed E-state index contributed by atoms with van der Waals surface area (Å²) >= 11 is 0. The zero-order valence-electron chi connectivity index (χ0n) is 10.0. The normalized spacial score (nSPS) is 10.3. The number of amides is 1. The van der Waals surface area contributed by atoms with Crippen molar-refractivity contribution >= 4 is 5.91 Å². The first-order valence-electron chi connectivity index (χ1n) is 5.61. The Morgan fingerprint density at radius 3 is 2.72 bits per heavy atom. The lowest BCUT2D eigenvalue weighted by molar-refractivity contribution is -0.117. The number of primary amides is 1. The summed E-state index contributed by atoms with van der Waals surface area (Å²) in [5, 5.41) is 0. The molecule has 0 fully saturated rings. The molecule has 0 radical (unpaired) electrons. The van der Waals surface area contributed by atoms with Crippen LogP contribution in [0.25, 0.3) is 0 Å². The molecule has 0 heterocycles. The number of benzene rings is 1. The number of ether oxygens (including phenoxy) is 2. The van der Waals surface area contributed by atoms with Gasteiger partial charge in [-0.2, -0.15) is 0 Å². The van der Waals surface area contributed by atoms with Crippen LogP contribution in [0.5, 0.6) is 5.75 Å². The molecule has 5 nitrogen and oxygen atoms in total. The van der Waals surface area contributed by atoms with E-state index in [9.17, 15) is 9.18 Å². The lowest BCUT2D eigenvalue weighted by Crippen LogP contribution is -2.15. The second kappa shape index (κ2) is 7.62. The molecule has 0 unspecified atom stereocenters. The number of carbonyl (C=O) groups is 1. The molecule has 0 saturated heterocycles. The van der Waals surface area contributed by atoms with Gasteiger partial charge in [-0.1, -0.05) is 6.07 Å². The highest BCUT2D eigenvalue weighted by molar-refractivity contribution is 5.76. The smallest absolute Gasteiger partial charge is 0.221 e. The quantitative estimate of drug-likeness (QED) is 0.651. The molecule has 4 N–H and O–H groups in total. The number of hydrogen-bond donors (Lipinski definition) is 2. The summed E-state index contributed by atoms with van der Waals surface area (Å²) in [6, 6.07) is 4.20. The van der Waals surface area contributed by atoms with Gasteiger partial charge in [-0.05, 0) is 17.7 Å². The summed E-state index contributed by atoms with van der Waals surface area (Å²) in [6.45, 7) is 1.42. The molecule has 1 amide bonds. The van der Waals surface area contributed by atoms with Crippen LogP contribution in [0.15, 0.2) is 18.2 Å². The van der Waals surface area contributed by atoms with Crippen LogP contribution in [-0.4, -0.2) is 32.3 Å². The van der Waals surface area contributed by atoms with Crippen molar-refractivity contribution < 1.29 is 18.7 Å². The predicted molar refractivity (Wildman–Crippen MR) is 64.7 cm³/mol. The summed E-state index contributed by atoms with van der Waals surface area (Å²) in [6.07, 6.45) is 0.0559. The van der Waals surface area contributed by atoms with Gasteiger partial charge in [0, 0.05) is 6.54 Å². The molecular weight excluding hydrogens is 239 g/mol. The molecule has 0 aliphatic heterocycles. The Morgan fingerprint density at radius 1 is 1.28 bits per heavy atom. The van der Waals surface area contributed by atoms with Crippen molar-refractivity contribution in [2.45, 2.75) is 6.42 Å². The van der Waals surface area contributed by atoms with Gasteiger partial charge in [0.2, 0.25) is 5.91 Å². The monoisotopic (exact) mass is 256 g/mol. The number of nitrogens with two attached hydrogens (primary N) is 2. The maximum atomic E-state index is 13.4. The summed E-state index contributed by atoms with van der Waals surface area (Å²) < 4.78 is 23.7. The Kier molecular flexibility index (Phi) is 6.10. The molecule has 0 saturated carbocycles. The fourth-order valence-electron chi connectivity index (χ4n) is 1.37. The molecule has 1 aromatic carbocycles. The minimum atomic E-state index is -0.484. The summed E-state index contributed by atoms with van der Waals surface area (Å²) in [7, 11) is 0. The average Bonchev–Trinajstić information content (AvgIpc) is 2.32. The molecule has 1 rings (SSSR count). The van der Waals surface area contributed by atoms with Crippen LogP contribution in [0.1, 0.15) is 5.56 Å². The van der Waals surface area contributed by atoms with Gasteiger partial charge in [-0.3, -0.25) is 4.79 Å². The first kappa shape index (κ1) is 14.4. The van der Waals surface area contributed by atoms with E-state index in [-0.39, 0.29) is 18.8 Å². The zero-order chi connectivity index (χ0) is 13.4. The number of halogens is 1. The van der Waals surface area contributed by atoms with Crippen molar-refractivity contribution in [1.29, 1.82) is 0 Å². The van der Waals surface area contributed by atoms with E-state index >= 15 is 0 Å². The van der Waals surface area contributed by atoms with Crippen LogP contribution in [0.4, 0.5) is 4.39 Å². The van der Waals surface area contributed by atoms with E-state index in [4.69, 9.17) is 20.9 Å². The highest BCUT2D eigenvalue weighted by atomic mass is 19.1. The van der Waals surface area contributed by atoms with Crippen LogP contribution in [0, 0.1) is 5.82 Å². The second-order valence-corrected chi connectivity index (χ2v) is 3.66. The third kappa shape index (κ3) is 5.11. The topological polar surface area (TPSA) is 87.6 Å². The average molecular weight is 256 g/mol. The van der Waals surface area contributed by atoms with Gasteiger partial charge in [0.15, 0.2) is 11.6 Å². The maximum Gasteiger partial charge on any atom is 0.221 e. The van der Waals surface area contributed by atoms with Crippen LogP contribution in [-0.2, 0) is 16.0 Å². The van der Waals surface area contributed by atoms with Gasteiger partial charge in [0.25, 0.3) is 0 Å². The van der Waals surface area contributed by atoms with E-state index in [0.29, 0.717) is 25.3 Å². The third-order valence-electron chi connectivity index (χ3n) is 2.12. The molecule has 0 bridgehead atoms. The zero-order valence-corrected chi connectivity index (χ0v) is 10.0. The predicted octanol–water partition coefficient (Wildman–Crippen LogP) is 0.208. The number of rotatable bonds is 8. The fraction of sp³-hybridized carbons (Fsp3) is 0.417. The summed E-state index contributed by atoms with van der Waals surface area (Å²) in [5.74, 6) is -0.869. The molecule has 18 heavy (non-hydrogen) atoms. The first-order valence-corrected chi connectivity index (χ1v) is 5.61. The minimum absolute atomic E-state index is 0.0559. The molecule has 0 aliphatic rings. The van der Waals surface area contributed by atoms with Crippen LogP contribution >= 0.6 is 0 Å². The van der Waals surface area contributed by atoms with E-state index in [2.05, 4.69) is 0 Å². The van der Waals surface area contributed by atoms with Gasteiger partial charge >= 0.3 is 0 Å². The van der Waals surface area contributed by atoms with Crippen LogP contribution in [0.3, 0.4) is 0 Å². The van der Waals surface area contributed by atoms with Gasteiger partial charge < -0.3 is 20.9 Å². The van der Waals surface area contributed by atoms with E-state index in [0.717, 1.165) is 0 Å². The molecule has 6 heteroatoms. The van der Waals surface area contributed by atoms with Crippen molar-refractivity contribution in [2.75, 3.05) is 26.4 Å². The van der Waals surface area contributed by atoms with Crippen molar-refractivity contribution in [3.05, 3.63) is 29.6 Å². The first-order chi connectivity index (χ1) is 8.63. The van der Waals surface area contributed by atoms with Gasteiger partial charge in [-0.25, -0.2) is 4.39 Å². The summed E-state index contributed by atoms with van der Waals surface area (Å²) in [4.78, 5) is 10.8. The Labute approximate surface area is 105 Å². The highest BCUT2D eigenvalue weighted by Crippen LogP contribution is 2.19. The lowest BCUT2D eigenvalue weighted by atomic mass is 10.1. The number of hydrogen-bond acceptors (Lipinski definition) is 4. The van der Waals surface area contributed by atoms with Gasteiger partial charge in [0.05, 0.1) is 19.6 Å². The Bertz CT molecular complexity index is 399. The van der Waals surface area contributed by atoms with Gasteiger partial charge in [-0.15, -0.1) is 0 Å². The van der Waals surface area contributed by atoms with Crippen molar-refractivity contribution in [2.24, 2.45) is 11.5 Å². The molecule has 0 aliphatic carbocycles. The van der Waals surface area contributed by atoms with Crippen molar-refractivity contribution in [3.63, 3.8) is 0 Å². The minimum Gasteiger partial charge on any atom is -0.488 e. The Hall–Kier alpha value is -1.66. The number of carbonyl (C=O) groups excluding carboxylic acids is 1. The van der Waals surface area contributed by atoms with Crippen LogP contribution in [0.2, 0.25) is 0 Å². The molecule has 100 valence electrons.